The number of carbonyl (C=O) groups is 2. The fraction of sp³-hybridized carbons (Fsp3) is 0.231. The van der Waals surface area contributed by atoms with E-state index in [9.17, 15) is 9.59 Å². The minimum atomic E-state index is 0.630. The van der Waals surface area contributed by atoms with Crippen molar-refractivity contribution in [3.8, 4) is 0 Å². The molecule has 3 aromatic carbocycles. The maximum absolute atomic E-state index is 10.9. The van der Waals surface area contributed by atoms with Gasteiger partial charge in [0.25, 0.3) is 0 Å². The Morgan fingerprint density at radius 2 is 0.800 bits per heavy atom. The third kappa shape index (κ3) is 7.96. The molecule has 0 amide bonds. The predicted molar refractivity (Wildman–Crippen MR) is 134 cm³/mol. The predicted octanol–water partition coefficient (Wildman–Crippen LogP) is 8.62. The molecular weight excluding hydrogens is 438 g/mol. The number of hydrogen-bond donors (Lipinski definition) is 0. The highest BCUT2D eigenvalue weighted by atomic mass is 79.9. The maximum atomic E-state index is 10.9. The Bertz CT molecular complexity index is 790. The number of benzene rings is 3. The number of hydrogen-bond acceptors (Lipinski definition) is 3. The Morgan fingerprint density at radius 1 is 0.533 bits per heavy atom. The van der Waals surface area contributed by atoms with Crippen LogP contribution in [0.2, 0.25) is 0 Å². The van der Waals surface area contributed by atoms with Gasteiger partial charge in [-0.3, -0.25) is 9.59 Å². The number of anilines is 3. The Kier molecular flexibility index (Phi) is 14.7. The van der Waals surface area contributed by atoms with E-state index in [1.165, 1.54) is 0 Å². The van der Waals surface area contributed by atoms with E-state index in [2.05, 4.69) is 20.8 Å². The molecule has 3 aromatic rings. The zero-order chi connectivity index (χ0) is 22.9. The highest BCUT2D eigenvalue weighted by Crippen LogP contribution is 2.35. The van der Waals surface area contributed by atoms with E-state index in [-0.39, 0.29) is 0 Å². The molecule has 4 heteroatoms. The average molecular weight is 470 g/mol. The van der Waals surface area contributed by atoms with Gasteiger partial charge in [-0.15, -0.1) is 0 Å². The average Bonchev–Trinajstić information content (AvgIpc) is 2.85. The number of halogens is 1. The van der Waals surface area contributed by atoms with Gasteiger partial charge in [0.1, 0.15) is 12.6 Å². The first-order valence-electron chi connectivity index (χ1n) is 10.4. The minimum Gasteiger partial charge on any atom is -0.311 e. The number of carbonyl (C=O) groups excluding carboxylic acids is 2. The van der Waals surface area contributed by atoms with Crippen molar-refractivity contribution in [3.63, 3.8) is 0 Å². The molecule has 0 saturated heterocycles. The summed E-state index contributed by atoms with van der Waals surface area (Å²) in [4.78, 5) is 23.8. The molecular formula is C26H32BrNO2. The van der Waals surface area contributed by atoms with Gasteiger partial charge in [-0.05, 0) is 72.8 Å². The third-order valence-corrected chi connectivity index (χ3v) is 4.19. The third-order valence-electron chi connectivity index (χ3n) is 3.66. The number of aldehydes is 2. The fourth-order valence-corrected chi connectivity index (χ4v) is 2.71. The van der Waals surface area contributed by atoms with E-state index in [1.54, 1.807) is 24.3 Å². The van der Waals surface area contributed by atoms with Crippen LogP contribution >= 0.6 is 15.9 Å². The topological polar surface area (TPSA) is 37.4 Å². The highest BCUT2D eigenvalue weighted by Gasteiger charge is 2.12. The zero-order valence-corrected chi connectivity index (χ0v) is 20.3. The summed E-state index contributed by atoms with van der Waals surface area (Å²) in [5, 5.41) is 0. The van der Waals surface area contributed by atoms with Gasteiger partial charge in [-0.25, -0.2) is 0 Å². The van der Waals surface area contributed by atoms with Gasteiger partial charge < -0.3 is 4.90 Å². The first-order valence-corrected chi connectivity index (χ1v) is 11.2. The molecule has 160 valence electrons. The molecule has 3 nitrogen and oxygen atoms in total. The van der Waals surface area contributed by atoms with Crippen LogP contribution in [0.1, 0.15) is 62.3 Å². The van der Waals surface area contributed by atoms with Crippen LogP contribution in [-0.2, 0) is 0 Å². The van der Waals surface area contributed by atoms with Gasteiger partial charge in [0.2, 0.25) is 0 Å². The van der Waals surface area contributed by atoms with E-state index in [1.807, 2.05) is 90.1 Å². The summed E-state index contributed by atoms with van der Waals surface area (Å²) in [5.74, 6) is 0. The molecule has 0 atom stereocenters. The van der Waals surface area contributed by atoms with Crippen LogP contribution in [0.4, 0.5) is 17.1 Å². The van der Waals surface area contributed by atoms with E-state index in [0.717, 1.165) is 34.1 Å². The Labute approximate surface area is 189 Å². The molecule has 0 saturated carbocycles. The molecule has 0 aliphatic rings. The van der Waals surface area contributed by atoms with E-state index in [0.29, 0.717) is 11.1 Å². The molecule has 0 aromatic heterocycles. The van der Waals surface area contributed by atoms with Gasteiger partial charge in [0.05, 0.1) is 0 Å². The fourth-order valence-electron chi connectivity index (χ4n) is 2.44. The smallest absolute Gasteiger partial charge is 0.150 e. The standard InChI is InChI=1S/C20H14BrNO2.3C2H6/c21-17-5-11-20(12-6-17)22(18-7-1-15(13-23)2-8-18)19-9-3-16(14-24)4-10-19;3*1-2/h1-14H;3*1-2H3. The Morgan fingerprint density at radius 3 is 1.07 bits per heavy atom. The SMILES string of the molecule is CC.CC.CC.O=Cc1ccc(N(c2ccc(Br)cc2)c2ccc(C=O)cc2)cc1. The van der Waals surface area contributed by atoms with Crippen LogP contribution in [-0.4, -0.2) is 12.6 Å². The quantitative estimate of drug-likeness (QED) is 0.350. The van der Waals surface area contributed by atoms with Gasteiger partial charge in [0, 0.05) is 32.7 Å². The van der Waals surface area contributed by atoms with Crippen molar-refractivity contribution in [3.05, 3.63) is 88.4 Å². The second-order valence-corrected chi connectivity index (χ2v) is 6.15. The van der Waals surface area contributed by atoms with Crippen molar-refractivity contribution in [1.82, 2.24) is 0 Å². The van der Waals surface area contributed by atoms with Crippen LogP contribution in [0.25, 0.3) is 0 Å². The zero-order valence-electron chi connectivity index (χ0n) is 18.7. The molecule has 30 heavy (non-hydrogen) atoms. The lowest BCUT2D eigenvalue weighted by Crippen LogP contribution is -2.09. The molecule has 0 unspecified atom stereocenters. The summed E-state index contributed by atoms with van der Waals surface area (Å²) in [6, 6.07) is 22.7. The number of nitrogens with zero attached hydrogens (tertiary/aromatic N) is 1. The first kappa shape index (κ1) is 27.3. The highest BCUT2D eigenvalue weighted by molar-refractivity contribution is 9.10. The molecule has 0 spiro atoms. The van der Waals surface area contributed by atoms with Crippen molar-refractivity contribution >= 4 is 45.6 Å². The van der Waals surface area contributed by atoms with E-state index in [4.69, 9.17) is 0 Å². The maximum Gasteiger partial charge on any atom is 0.150 e. The van der Waals surface area contributed by atoms with Crippen LogP contribution < -0.4 is 4.90 Å². The molecule has 0 aliphatic carbocycles. The first-order chi connectivity index (χ1) is 14.7. The second-order valence-electron chi connectivity index (χ2n) is 5.23. The molecule has 0 aliphatic heterocycles. The van der Waals surface area contributed by atoms with Gasteiger partial charge in [0.15, 0.2) is 0 Å². The normalized spacial score (nSPS) is 8.77. The van der Waals surface area contributed by atoms with Crippen molar-refractivity contribution in [1.29, 1.82) is 0 Å². The Hall–Kier alpha value is -2.72. The van der Waals surface area contributed by atoms with E-state index >= 15 is 0 Å². The summed E-state index contributed by atoms with van der Waals surface area (Å²) in [5.41, 5.74) is 4.11. The van der Waals surface area contributed by atoms with Crippen molar-refractivity contribution < 1.29 is 9.59 Å². The lowest BCUT2D eigenvalue weighted by molar-refractivity contribution is 0.111. The number of rotatable bonds is 5. The lowest BCUT2D eigenvalue weighted by atomic mass is 10.1. The lowest BCUT2D eigenvalue weighted by Gasteiger charge is -2.25. The van der Waals surface area contributed by atoms with Crippen LogP contribution in [0.5, 0.6) is 0 Å². The molecule has 0 bridgehead atoms. The van der Waals surface area contributed by atoms with Crippen LogP contribution in [0.3, 0.4) is 0 Å². The summed E-state index contributed by atoms with van der Waals surface area (Å²) < 4.78 is 0.999. The molecule has 0 heterocycles. The molecule has 0 radical (unpaired) electrons. The summed E-state index contributed by atoms with van der Waals surface area (Å²) in [7, 11) is 0. The Balaban J connectivity index is 0.00000129. The van der Waals surface area contributed by atoms with Crippen LogP contribution in [0, 0.1) is 0 Å². The summed E-state index contributed by atoms with van der Waals surface area (Å²) in [6.07, 6.45) is 1.65. The second kappa shape index (κ2) is 16.1. The molecule has 0 N–H and O–H groups in total. The molecule has 3 rings (SSSR count). The summed E-state index contributed by atoms with van der Waals surface area (Å²) in [6.45, 7) is 12.0. The van der Waals surface area contributed by atoms with E-state index < -0.39 is 0 Å². The van der Waals surface area contributed by atoms with Crippen molar-refractivity contribution in [2.24, 2.45) is 0 Å². The van der Waals surface area contributed by atoms with Crippen molar-refractivity contribution in [2.45, 2.75) is 41.5 Å². The van der Waals surface area contributed by atoms with Crippen molar-refractivity contribution in [2.75, 3.05) is 4.90 Å². The van der Waals surface area contributed by atoms with Gasteiger partial charge in [-0.2, -0.15) is 0 Å². The molecule has 0 fully saturated rings. The minimum absolute atomic E-state index is 0.630. The summed E-state index contributed by atoms with van der Waals surface area (Å²) >= 11 is 3.45. The monoisotopic (exact) mass is 469 g/mol. The van der Waals surface area contributed by atoms with Crippen LogP contribution in [0.15, 0.2) is 77.3 Å². The van der Waals surface area contributed by atoms with Gasteiger partial charge >= 0.3 is 0 Å². The largest absolute Gasteiger partial charge is 0.311 e. The van der Waals surface area contributed by atoms with Gasteiger partial charge in [-0.1, -0.05) is 57.5 Å².